The van der Waals surface area contributed by atoms with Crippen molar-refractivity contribution in [1.82, 2.24) is 0 Å². The van der Waals surface area contributed by atoms with Gasteiger partial charge in [0.1, 0.15) is 11.2 Å². The van der Waals surface area contributed by atoms with E-state index >= 15 is 0 Å². The van der Waals surface area contributed by atoms with Crippen molar-refractivity contribution in [3.8, 4) is 0 Å². The van der Waals surface area contributed by atoms with E-state index in [1.54, 1.807) is 0 Å². The summed E-state index contributed by atoms with van der Waals surface area (Å²) in [5, 5.41) is 37.5. The molecule has 0 spiro atoms. The second-order valence-electron chi connectivity index (χ2n) is 3.92. The van der Waals surface area contributed by atoms with Crippen LogP contribution in [0.25, 0.3) is 0 Å². The van der Waals surface area contributed by atoms with E-state index in [2.05, 4.69) is 0 Å². The number of allylic oxidation sites excluding steroid dienone is 2. The summed E-state index contributed by atoms with van der Waals surface area (Å²) in [5.41, 5.74) is -5.24. The van der Waals surface area contributed by atoms with Gasteiger partial charge in [-0.2, -0.15) is 0 Å². The van der Waals surface area contributed by atoms with Gasteiger partial charge in [0.05, 0.1) is 11.1 Å². The summed E-state index contributed by atoms with van der Waals surface area (Å²) in [6.07, 6.45) is 1.95. The highest BCUT2D eigenvalue weighted by Crippen LogP contribution is 2.38. The van der Waals surface area contributed by atoms with Crippen LogP contribution in [-0.2, 0) is 9.59 Å². The van der Waals surface area contributed by atoms with Crippen LogP contribution in [0.15, 0.2) is 23.3 Å². The number of carboxylic acid groups (broad SMARTS) is 2. The molecule has 0 saturated carbocycles. The monoisotopic (exact) mass is 228 g/mol. The molecule has 0 saturated heterocycles. The van der Waals surface area contributed by atoms with Gasteiger partial charge in [0.15, 0.2) is 0 Å². The summed E-state index contributed by atoms with van der Waals surface area (Å²) in [6, 6.07) is 0. The molecule has 2 unspecified atom stereocenters. The van der Waals surface area contributed by atoms with Crippen LogP contribution in [0.2, 0.25) is 0 Å². The summed E-state index contributed by atoms with van der Waals surface area (Å²) in [6.45, 7) is 2.12. The molecular weight excluding hydrogens is 216 g/mol. The summed E-state index contributed by atoms with van der Waals surface area (Å²) in [4.78, 5) is 21.6. The third kappa shape index (κ3) is 1.52. The van der Waals surface area contributed by atoms with Crippen molar-refractivity contribution in [3.63, 3.8) is 0 Å². The van der Waals surface area contributed by atoms with Crippen molar-refractivity contribution in [2.24, 2.45) is 0 Å². The van der Waals surface area contributed by atoms with Gasteiger partial charge in [-0.05, 0) is 26.0 Å². The zero-order valence-corrected chi connectivity index (χ0v) is 8.76. The van der Waals surface area contributed by atoms with Crippen LogP contribution in [0.4, 0.5) is 0 Å². The Morgan fingerprint density at radius 2 is 1.19 bits per heavy atom. The first-order valence-electron chi connectivity index (χ1n) is 4.46. The van der Waals surface area contributed by atoms with Crippen LogP contribution in [0.5, 0.6) is 0 Å². The van der Waals surface area contributed by atoms with Crippen LogP contribution < -0.4 is 0 Å². The fourth-order valence-corrected chi connectivity index (χ4v) is 1.57. The summed E-state index contributed by atoms with van der Waals surface area (Å²) >= 11 is 0. The third-order valence-corrected chi connectivity index (χ3v) is 2.87. The number of aliphatic carboxylic acids is 2. The van der Waals surface area contributed by atoms with E-state index < -0.39 is 34.3 Å². The number of carbonyl (C=O) groups is 2. The number of carboxylic acids is 2. The molecule has 6 heteroatoms. The smallest absolute Gasteiger partial charge is 0.334 e. The van der Waals surface area contributed by atoms with Crippen LogP contribution in [0, 0.1) is 0 Å². The highest BCUT2D eigenvalue weighted by atomic mass is 16.4. The fourth-order valence-electron chi connectivity index (χ4n) is 1.57. The number of hydrogen-bond donors (Lipinski definition) is 4. The highest BCUT2D eigenvalue weighted by Gasteiger charge is 2.53. The molecule has 0 aromatic carbocycles. The molecule has 0 bridgehead atoms. The summed E-state index contributed by atoms with van der Waals surface area (Å²) < 4.78 is 0. The van der Waals surface area contributed by atoms with E-state index in [0.717, 1.165) is 26.0 Å². The Kier molecular flexibility index (Phi) is 2.66. The number of hydrogen-bond acceptors (Lipinski definition) is 4. The maximum absolute atomic E-state index is 10.8. The maximum Gasteiger partial charge on any atom is 0.334 e. The Labute approximate surface area is 91.1 Å². The van der Waals surface area contributed by atoms with Crippen molar-refractivity contribution >= 4 is 11.9 Å². The molecule has 16 heavy (non-hydrogen) atoms. The molecule has 4 N–H and O–H groups in total. The molecule has 1 aliphatic carbocycles. The van der Waals surface area contributed by atoms with Crippen molar-refractivity contribution in [2.45, 2.75) is 25.0 Å². The van der Waals surface area contributed by atoms with Crippen LogP contribution in [0.1, 0.15) is 13.8 Å². The fraction of sp³-hybridized carbons (Fsp3) is 0.400. The van der Waals surface area contributed by atoms with Gasteiger partial charge in [-0.15, -0.1) is 0 Å². The zero-order valence-electron chi connectivity index (χ0n) is 8.76. The second kappa shape index (κ2) is 3.43. The SMILES string of the molecule is CC1(O)C(C(=O)O)=CC=C(C(=O)O)C1(C)O. The average molecular weight is 228 g/mol. The molecule has 0 radical (unpaired) electrons. The molecule has 1 aliphatic rings. The Bertz CT molecular complexity index is 373. The molecule has 0 aliphatic heterocycles. The van der Waals surface area contributed by atoms with Crippen molar-refractivity contribution < 1.29 is 30.0 Å². The molecule has 6 nitrogen and oxygen atoms in total. The minimum absolute atomic E-state index is 0.456. The maximum atomic E-state index is 10.8. The number of rotatable bonds is 2. The third-order valence-electron chi connectivity index (χ3n) is 2.87. The Balaban J connectivity index is 3.42. The Hall–Kier alpha value is -1.66. The van der Waals surface area contributed by atoms with Gasteiger partial charge >= 0.3 is 11.9 Å². The lowest BCUT2D eigenvalue weighted by molar-refractivity contribution is -0.148. The van der Waals surface area contributed by atoms with Crippen molar-refractivity contribution in [2.75, 3.05) is 0 Å². The Morgan fingerprint density at radius 1 is 0.938 bits per heavy atom. The second-order valence-corrected chi connectivity index (χ2v) is 3.92. The van der Waals surface area contributed by atoms with Gasteiger partial charge in [0.2, 0.25) is 0 Å². The largest absolute Gasteiger partial charge is 0.478 e. The molecule has 88 valence electrons. The molecular formula is C10H12O6. The van der Waals surface area contributed by atoms with Gasteiger partial charge in [-0.25, -0.2) is 9.59 Å². The molecule has 2 atom stereocenters. The van der Waals surface area contributed by atoms with Crippen LogP contribution >= 0.6 is 0 Å². The normalized spacial score (nSPS) is 34.0. The van der Waals surface area contributed by atoms with Gasteiger partial charge in [-0.1, -0.05) is 0 Å². The summed E-state index contributed by atoms with van der Waals surface area (Å²) in [7, 11) is 0. The molecule has 0 aromatic heterocycles. The zero-order chi connectivity index (χ0) is 12.7. The highest BCUT2D eigenvalue weighted by molar-refractivity contribution is 5.96. The van der Waals surface area contributed by atoms with Crippen molar-refractivity contribution in [3.05, 3.63) is 23.3 Å². The predicted octanol–water partition coefficient (Wildman–Crippen LogP) is -0.476. The molecule has 0 aromatic rings. The Morgan fingerprint density at radius 3 is 1.38 bits per heavy atom. The van der Waals surface area contributed by atoms with Gasteiger partial charge in [0, 0.05) is 0 Å². The minimum atomic E-state index is -2.17. The quantitative estimate of drug-likeness (QED) is 0.507. The minimum Gasteiger partial charge on any atom is -0.478 e. The topological polar surface area (TPSA) is 115 Å². The first-order valence-corrected chi connectivity index (χ1v) is 4.46. The molecule has 0 amide bonds. The predicted molar refractivity (Wildman–Crippen MR) is 52.7 cm³/mol. The lowest BCUT2D eigenvalue weighted by Crippen LogP contribution is -2.56. The van der Waals surface area contributed by atoms with E-state index in [1.807, 2.05) is 0 Å². The van der Waals surface area contributed by atoms with Crippen LogP contribution in [0.3, 0.4) is 0 Å². The van der Waals surface area contributed by atoms with E-state index in [0.29, 0.717) is 0 Å². The first kappa shape index (κ1) is 12.4. The van der Waals surface area contributed by atoms with Gasteiger partial charge in [0.25, 0.3) is 0 Å². The average Bonchev–Trinajstić information content (AvgIpc) is 2.07. The lowest BCUT2D eigenvalue weighted by atomic mass is 9.72. The van der Waals surface area contributed by atoms with E-state index in [-0.39, 0.29) is 0 Å². The van der Waals surface area contributed by atoms with Gasteiger partial charge in [-0.3, -0.25) is 0 Å². The molecule has 1 rings (SSSR count). The molecule has 0 heterocycles. The van der Waals surface area contributed by atoms with Crippen LogP contribution in [-0.4, -0.2) is 43.6 Å². The van der Waals surface area contributed by atoms with Gasteiger partial charge < -0.3 is 20.4 Å². The van der Waals surface area contributed by atoms with Crippen molar-refractivity contribution in [1.29, 1.82) is 0 Å². The van der Waals surface area contributed by atoms with E-state index in [4.69, 9.17) is 10.2 Å². The lowest BCUT2D eigenvalue weighted by Gasteiger charge is -2.41. The summed E-state index contributed by atoms with van der Waals surface area (Å²) in [5.74, 6) is -2.82. The number of aliphatic hydroxyl groups is 2. The first-order chi connectivity index (χ1) is 7.12. The van der Waals surface area contributed by atoms with E-state index in [9.17, 15) is 19.8 Å². The van der Waals surface area contributed by atoms with E-state index in [1.165, 1.54) is 0 Å². The molecule has 0 fully saturated rings. The standard InChI is InChI=1S/C10H12O6/c1-9(15)5(7(11)12)3-4-6(8(13)14)10(9,2)16/h3-4,15-16H,1-2H3,(H,11,12)(H,13,14).